The molecule has 78 valence electrons. The lowest BCUT2D eigenvalue weighted by atomic mass is 10.1. The standard InChI is InChI=1S/C8H19NO2SSi/c1-8(2,12)6(9)7(10)11-13(3,4)5/h6,12H,9H2,1-5H3. The van der Waals surface area contributed by atoms with Gasteiger partial charge in [0, 0.05) is 4.75 Å². The molecule has 0 aliphatic carbocycles. The molecule has 0 amide bonds. The summed E-state index contributed by atoms with van der Waals surface area (Å²) in [7, 11) is -1.83. The molecule has 0 aromatic carbocycles. The Morgan fingerprint density at radius 1 is 1.46 bits per heavy atom. The van der Waals surface area contributed by atoms with Crippen molar-refractivity contribution in [1.82, 2.24) is 0 Å². The van der Waals surface area contributed by atoms with Crippen LogP contribution in [0.2, 0.25) is 19.6 Å². The molecule has 0 saturated carbocycles. The number of thiol groups is 1. The maximum absolute atomic E-state index is 11.4. The maximum atomic E-state index is 11.4. The fraction of sp³-hybridized carbons (Fsp3) is 0.875. The summed E-state index contributed by atoms with van der Waals surface area (Å²) in [4.78, 5) is 11.4. The lowest BCUT2D eigenvalue weighted by molar-refractivity contribution is -0.137. The van der Waals surface area contributed by atoms with Crippen molar-refractivity contribution in [2.24, 2.45) is 5.73 Å². The van der Waals surface area contributed by atoms with Crippen LogP contribution in [0.3, 0.4) is 0 Å². The first-order chi connectivity index (χ1) is 5.54. The van der Waals surface area contributed by atoms with Crippen molar-refractivity contribution in [3.63, 3.8) is 0 Å². The Bertz CT molecular complexity index is 195. The van der Waals surface area contributed by atoms with E-state index in [2.05, 4.69) is 12.6 Å². The van der Waals surface area contributed by atoms with Crippen molar-refractivity contribution in [3.8, 4) is 0 Å². The second-order valence-corrected chi connectivity index (χ2v) is 10.2. The topological polar surface area (TPSA) is 52.3 Å². The van der Waals surface area contributed by atoms with E-state index in [1.165, 1.54) is 0 Å². The first-order valence-corrected chi connectivity index (χ1v) is 8.10. The third-order valence-corrected chi connectivity index (χ3v) is 2.51. The summed E-state index contributed by atoms with van der Waals surface area (Å²) in [6.45, 7) is 9.44. The number of rotatable bonds is 3. The van der Waals surface area contributed by atoms with E-state index < -0.39 is 19.1 Å². The molecule has 3 nitrogen and oxygen atoms in total. The molecule has 0 rings (SSSR count). The predicted molar refractivity (Wildman–Crippen MR) is 60.5 cm³/mol. The van der Waals surface area contributed by atoms with Gasteiger partial charge in [-0.2, -0.15) is 12.6 Å². The monoisotopic (exact) mass is 221 g/mol. The van der Waals surface area contributed by atoms with Crippen molar-refractivity contribution in [2.45, 2.75) is 44.3 Å². The SMILES string of the molecule is CC(C)(S)C(N)C(=O)O[Si](C)(C)C. The highest BCUT2D eigenvalue weighted by Crippen LogP contribution is 2.18. The van der Waals surface area contributed by atoms with Crippen molar-refractivity contribution >= 4 is 26.9 Å². The quantitative estimate of drug-likeness (QED) is 0.559. The highest BCUT2D eigenvalue weighted by atomic mass is 32.1. The van der Waals surface area contributed by atoms with Gasteiger partial charge in [0.05, 0.1) is 0 Å². The summed E-state index contributed by atoms with van der Waals surface area (Å²) in [5, 5.41) is 0. The summed E-state index contributed by atoms with van der Waals surface area (Å²) < 4.78 is 4.72. The van der Waals surface area contributed by atoms with E-state index in [4.69, 9.17) is 10.2 Å². The van der Waals surface area contributed by atoms with Crippen molar-refractivity contribution < 1.29 is 9.22 Å². The van der Waals surface area contributed by atoms with Crippen molar-refractivity contribution in [2.75, 3.05) is 0 Å². The molecular weight excluding hydrogens is 202 g/mol. The average molecular weight is 221 g/mol. The Kier molecular flexibility index (Phi) is 4.02. The molecule has 0 aromatic heterocycles. The first kappa shape index (κ1) is 13.0. The number of nitrogens with two attached hydrogens (primary N) is 1. The van der Waals surface area contributed by atoms with Crippen LogP contribution in [0, 0.1) is 0 Å². The van der Waals surface area contributed by atoms with Gasteiger partial charge in [0.2, 0.25) is 8.32 Å². The molecule has 5 heteroatoms. The van der Waals surface area contributed by atoms with Crippen LogP contribution in [0.25, 0.3) is 0 Å². The van der Waals surface area contributed by atoms with Gasteiger partial charge in [-0.05, 0) is 33.5 Å². The molecular formula is C8H19NO2SSi. The second kappa shape index (κ2) is 4.02. The predicted octanol–water partition coefficient (Wildman–Crippen LogP) is 1.40. The van der Waals surface area contributed by atoms with Crippen LogP contribution in [-0.2, 0) is 9.22 Å². The molecule has 0 aromatic rings. The Morgan fingerprint density at radius 2 is 1.85 bits per heavy atom. The maximum Gasteiger partial charge on any atom is 0.311 e. The van der Waals surface area contributed by atoms with E-state index in [-0.39, 0.29) is 5.97 Å². The normalized spacial score (nSPS) is 15.3. The van der Waals surface area contributed by atoms with Crippen molar-refractivity contribution in [3.05, 3.63) is 0 Å². The van der Waals surface area contributed by atoms with Gasteiger partial charge in [-0.25, -0.2) is 0 Å². The van der Waals surface area contributed by atoms with Crippen LogP contribution < -0.4 is 5.73 Å². The first-order valence-electron chi connectivity index (χ1n) is 4.25. The number of hydrogen-bond donors (Lipinski definition) is 2. The van der Waals surface area contributed by atoms with E-state index in [0.717, 1.165) is 0 Å². The molecule has 1 atom stereocenters. The summed E-state index contributed by atoms with van der Waals surface area (Å²) in [5.41, 5.74) is 5.67. The molecule has 0 aliphatic rings. The lowest BCUT2D eigenvalue weighted by Gasteiger charge is -2.27. The van der Waals surface area contributed by atoms with Gasteiger partial charge in [-0.3, -0.25) is 4.79 Å². The molecule has 13 heavy (non-hydrogen) atoms. The van der Waals surface area contributed by atoms with E-state index in [1.54, 1.807) is 13.8 Å². The fourth-order valence-corrected chi connectivity index (χ4v) is 1.49. The molecule has 0 bridgehead atoms. The molecule has 0 aliphatic heterocycles. The molecule has 2 N–H and O–H groups in total. The third kappa shape index (κ3) is 5.33. The van der Waals surface area contributed by atoms with Crippen LogP contribution in [0.1, 0.15) is 13.8 Å². The van der Waals surface area contributed by atoms with E-state index >= 15 is 0 Å². The Balaban J connectivity index is 4.30. The Morgan fingerprint density at radius 3 is 2.08 bits per heavy atom. The molecule has 0 fully saturated rings. The van der Waals surface area contributed by atoms with Gasteiger partial charge in [0.1, 0.15) is 6.04 Å². The largest absolute Gasteiger partial charge is 0.519 e. The van der Waals surface area contributed by atoms with E-state index in [0.29, 0.717) is 0 Å². The highest BCUT2D eigenvalue weighted by molar-refractivity contribution is 7.81. The van der Waals surface area contributed by atoms with Gasteiger partial charge in [0.15, 0.2) is 0 Å². The van der Waals surface area contributed by atoms with Crippen LogP contribution in [0.5, 0.6) is 0 Å². The Labute approximate surface area is 86.6 Å². The van der Waals surface area contributed by atoms with Crippen LogP contribution in [-0.4, -0.2) is 25.1 Å². The van der Waals surface area contributed by atoms with Crippen LogP contribution in [0.4, 0.5) is 0 Å². The zero-order valence-electron chi connectivity index (χ0n) is 8.92. The number of carbonyl (C=O) groups excluding carboxylic acids is 1. The highest BCUT2D eigenvalue weighted by Gasteiger charge is 2.32. The second-order valence-electron chi connectivity index (χ2n) is 4.66. The third-order valence-electron chi connectivity index (χ3n) is 1.42. The number of carbonyl (C=O) groups is 1. The zero-order valence-corrected chi connectivity index (χ0v) is 10.8. The summed E-state index contributed by atoms with van der Waals surface area (Å²) in [6.07, 6.45) is 0. The van der Waals surface area contributed by atoms with Gasteiger partial charge in [-0.15, -0.1) is 0 Å². The van der Waals surface area contributed by atoms with Crippen LogP contribution in [0.15, 0.2) is 0 Å². The van der Waals surface area contributed by atoms with Crippen molar-refractivity contribution in [1.29, 1.82) is 0 Å². The fourth-order valence-electron chi connectivity index (χ4n) is 0.654. The van der Waals surface area contributed by atoms with Gasteiger partial charge < -0.3 is 10.2 Å². The van der Waals surface area contributed by atoms with E-state index in [1.807, 2.05) is 19.6 Å². The average Bonchev–Trinajstić information content (AvgIpc) is 1.79. The lowest BCUT2D eigenvalue weighted by Crippen LogP contribution is -2.49. The molecule has 0 radical (unpaired) electrons. The van der Waals surface area contributed by atoms with Gasteiger partial charge in [0.25, 0.3) is 0 Å². The van der Waals surface area contributed by atoms with Crippen LogP contribution >= 0.6 is 12.6 Å². The summed E-state index contributed by atoms with van der Waals surface area (Å²) >= 11 is 4.23. The minimum absolute atomic E-state index is 0.348. The summed E-state index contributed by atoms with van der Waals surface area (Å²) in [5.74, 6) is -0.348. The minimum atomic E-state index is -1.83. The van der Waals surface area contributed by atoms with E-state index in [9.17, 15) is 4.79 Å². The molecule has 0 spiro atoms. The van der Waals surface area contributed by atoms with Gasteiger partial charge in [-0.1, -0.05) is 0 Å². The minimum Gasteiger partial charge on any atom is -0.519 e. The molecule has 0 saturated heterocycles. The molecule has 1 unspecified atom stereocenters. The smallest absolute Gasteiger partial charge is 0.311 e. The Hall–Kier alpha value is -0.00312. The van der Waals surface area contributed by atoms with Gasteiger partial charge >= 0.3 is 5.97 Å². The number of hydrogen-bond acceptors (Lipinski definition) is 4. The zero-order chi connectivity index (χ0) is 10.9. The summed E-state index contributed by atoms with van der Waals surface area (Å²) in [6, 6.07) is -0.664. The molecule has 0 heterocycles.